The molecule has 0 unspecified atom stereocenters. The van der Waals surface area contributed by atoms with Crippen molar-refractivity contribution in [3.63, 3.8) is 0 Å². The normalized spacial score (nSPS) is 12.3. The second-order valence-corrected chi connectivity index (χ2v) is 5.73. The number of halogens is 2. The van der Waals surface area contributed by atoms with E-state index in [2.05, 4.69) is 47.2 Å². The molecule has 0 aliphatic heterocycles. The van der Waals surface area contributed by atoms with E-state index in [1.807, 2.05) is 48.5 Å². The van der Waals surface area contributed by atoms with Gasteiger partial charge in [0, 0.05) is 8.95 Å². The van der Waals surface area contributed by atoms with Crippen LogP contribution >= 0.6 is 31.9 Å². The van der Waals surface area contributed by atoms with Crippen LogP contribution in [0.4, 0.5) is 11.4 Å². The van der Waals surface area contributed by atoms with Crippen molar-refractivity contribution < 1.29 is 0 Å². The molecule has 108 valence electrons. The molecule has 21 heavy (non-hydrogen) atoms. The molecule has 2 rings (SSSR count). The first kappa shape index (κ1) is 15.5. The Hall–Kier alpha value is -1.86. The zero-order chi connectivity index (χ0) is 15.2. The number of benzene rings is 2. The zero-order valence-electron chi connectivity index (χ0n) is 10.9. The summed E-state index contributed by atoms with van der Waals surface area (Å²) in [5, 5.41) is 2.95. The van der Waals surface area contributed by atoms with Crippen molar-refractivity contribution in [3.05, 3.63) is 57.5 Å². The Labute approximate surface area is 139 Å². The average Bonchev–Trinajstić information content (AvgIpc) is 2.44. The van der Waals surface area contributed by atoms with E-state index in [1.54, 1.807) is 0 Å². The lowest BCUT2D eigenvalue weighted by Gasteiger charge is -2.07. The van der Waals surface area contributed by atoms with E-state index in [0.717, 1.165) is 14.6 Å². The molecular weight excluding hydrogens is 398 g/mol. The third-order valence-corrected chi connectivity index (χ3v) is 3.82. The van der Waals surface area contributed by atoms with Gasteiger partial charge in [-0.1, -0.05) is 24.3 Å². The van der Waals surface area contributed by atoms with Crippen molar-refractivity contribution >= 4 is 55.2 Å². The summed E-state index contributed by atoms with van der Waals surface area (Å²) in [6, 6.07) is 15.0. The first-order valence-electron chi connectivity index (χ1n) is 6.00. The molecule has 5 nitrogen and oxygen atoms in total. The minimum Gasteiger partial charge on any atom is -0.369 e. The standard InChI is InChI=1S/C14H13Br2N5/c15-9-5-1-3-7-11(9)19-13(17)21-14(18)20-12-8-4-2-6-10(12)16/h1-8H,(H5,17,18,19,20,21). The van der Waals surface area contributed by atoms with Crippen LogP contribution < -0.4 is 16.8 Å². The van der Waals surface area contributed by atoms with Gasteiger partial charge in [-0.3, -0.25) is 0 Å². The molecular formula is C14H13Br2N5. The van der Waals surface area contributed by atoms with Crippen molar-refractivity contribution in [2.75, 3.05) is 5.32 Å². The number of anilines is 1. The lowest BCUT2D eigenvalue weighted by molar-refractivity contribution is 1.38. The summed E-state index contributed by atoms with van der Waals surface area (Å²) in [4.78, 5) is 8.21. The van der Waals surface area contributed by atoms with Crippen molar-refractivity contribution in [2.24, 2.45) is 21.5 Å². The minimum absolute atomic E-state index is 0.0685. The van der Waals surface area contributed by atoms with Crippen LogP contribution in [0.15, 0.2) is 67.5 Å². The maximum absolute atomic E-state index is 5.81. The van der Waals surface area contributed by atoms with Gasteiger partial charge in [0.05, 0.1) is 11.4 Å². The van der Waals surface area contributed by atoms with E-state index in [9.17, 15) is 0 Å². The molecule has 0 aliphatic rings. The van der Waals surface area contributed by atoms with E-state index in [1.165, 1.54) is 0 Å². The average molecular weight is 411 g/mol. The molecule has 2 aromatic carbocycles. The highest BCUT2D eigenvalue weighted by Gasteiger charge is 2.01. The largest absolute Gasteiger partial charge is 0.369 e. The fourth-order valence-electron chi connectivity index (χ4n) is 1.54. The van der Waals surface area contributed by atoms with E-state index in [4.69, 9.17) is 11.5 Å². The molecule has 0 spiro atoms. The van der Waals surface area contributed by atoms with Gasteiger partial charge in [0.2, 0.25) is 11.9 Å². The molecule has 5 N–H and O–H groups in total. The number of nitrogens with two attached hydrogens (primary N) is 2. The van der Waals surface area contributed by atoms with Gasteiger partial charge >= 0.3 is 0 Å². The summed E-state index contributed by atoms with van der Waals surface area (Å²) in [5.41, 5.74) is 13.1. The molecule has 7 heteroatoms. The quantitative estimate of drug-likeness (QED) is 0.522. The van der Waals surface area contributed by atoms with Gasteiger partial charge in [-0.05, 0) is 56.1 Å². The minimum atomic E-state index is 0.0685. The molecule has 0 amide bonds. The van der Waals surface area contributed by atoms with E-state index < -0.39 is 0 Å². The van der Waals surface area contributed by atoms with Gasteiger partial charge in [0.25, 0.3) is 0 Å². The number of hydrogen-bond acceptors (Lipinski definition) is 1. The molecule has 0 bridgehead atoms. The molecule has 0 radical (unpaired) electrons. The number of nitrogens with one attached hydrogen (secondary N) is 1. The van der Waals surface area contributed by atoms with Crippen LogP contribution in [0.25, 0.3) is 0 Å². The van der Waals surface area contributed by atoms with Crippen LogP contribution in [-0.2, 0) is 0 Å². The molecule has 0 aromatic heterocycles. The van der Waals surface area contributed by atoms with Crippen molar-refractivity contribution in [1.82, 2.24) is 0 Å². The summed E-state index contributed by atoms with van der Waals surface area (Å²) < 4.78 is 1.71. The van der Waals surface area contributed by atoms with Crippen LogP contribution in [0, 0.1) is 0 Å². The maximum Gasteiger partial charge on any atom is 0.223 e. The predicted molar refractivity (Wildman–Crippen MR) is 94.8 cm³/mol. The Morgan fingerprint density at radius 2 is 1.52 bits per heavy atom. The van der Waals surface area contributed by atoms with Gasteiger partial charge in [0.1, 0.15) is 0 Å². The lowest BCUT2D eigenvalue weighted by atomic mass is 10.3. The topological polar surface area (TPSA) is 88.8 Å². The maximum atomic E-state index is 5.81. The smallest absolute Gasteiger partial charge is 0.223 e. The van der Waals surface area contributed by atoms with E-state index in [-0.39, 0.29) is 11.9 Å². The summed E-state index contributed by atoms with van der Waals surface area (Å²) in [7, 11) is 0. The van der Waals surface area contributed by atoms with Crippen molar-refractivity contribution in [2.45, 2.75) is 0 Å². The van der Waals surface area contributed by atoms with Crippen LogP contribution in [0.3, 0.4) is 0 Å². The van der Waals surface area contributed by atoms with Gasteiger partial charge in [-0.15, -0.1) is 0 Å². The van der Waals surface area contributed by atoms with Gasteiger partial charge in [0.15, 0.2) is 0 Å². The highest BCUT2D eigenvalue weighted by Crippen LogP contribution is 2.24. The summed E-state index contributed by atoms with van der Waals surface area (Å²) in [6.07, 6.45) is 0. The molecule has 0 saturated carbocycles. The molecule has 0 aliphatic carbocycles. The number of hydrogen-bond donors (Lipinski definition) is 3. The van der Waals surface area contributed by atoms with Gasteiger partial charge in [-0.2, -0.15) is 4.99 Å². The highest BCUT2D eigenvalue weighted by molar-refractivity contribution is 9.11. The number of guanidine groups is 2. The molecule has 0 saturated heterocycles. The monoisotopic (exact) mass is 409 g/mol. The fourth-order valence-corrected chi connectivity index (χ4v) is 2.30. The van der Waals surface area contributed by atoms with Crippen LogP contribution in [0.1, 0.15) is 0 Å². The van der Waals surface area contributed by atoms with Crippen LogP contribution in [0.5, 0.6) is 0 Å². The third-order valence-electron chi connectivity index (χ3n) is 2.46. The van der Waals surface area contributed by atoms with Crippen LogP contribution in [0.2, 0.25) is 0 Å². The Bertz CT molecular complexity index is 697. The van der Waals surface area contributed by atoms with Gasteiger partial charge < -0.3 is 16.8 Å². The number of rotatable bonds is 2. The van der Waals surface area contributed by atoms with Gasteiger partial charge in [-0.25, -0.2) is 4.99 Å². The third kappa shape index (κ3) is 4.57. The zero-order valence-corrected chi connectivity index (χ0v) is 14.1. The second-order valence-electron chi connectivity index (χ2n) is 4.02. The molecule has 0 heterocycles. The molecule has 2 aromatic rings. The van der Waals surface area contributed by atoms with E-state index >= 15 is 0 Å². The highest BCUT2D eigenvalue weighted by atomic mass is 79.9. The second kappa shape index (κ2) is 7.24. The SMILES string of the molecule is NC(=Nc1ccccc1Br)/N=C(\N)Nc1ccccc1Br. The first-order chi connectivity index (χ1) is 10.1. The first-order valence-corrected chi connectivity index (χ1v) is 7.59. The Balaban J connectivity index is 2.15. The van der Waals surface area contributed by atoms with Crippen molar-refractivity contribution in [1.29, 1.82) is 0 Å². The Morgan fingerprint density at radius 1 is 0.905 bits per heavy atom. The van der Waals surface area contributed by atoms with Crippen molar-refractivity contribution in [3.8, 4) is 0 Å². The number of nitrogens with zero attached hydrogens (tertiary/aromatic N) is 2. The number of para-hydroxylation sites is 2. The molecule has 0 atom stereocenters. The fraction of sp³-hybridized carbons (Fsp3) is 0. The lowest BCUT2D eigenvalue weighted by Crippen LogP contribution is -2.26. The summed E-state index contributed by atoms with van der Waals surface area (Å²) in [6.45, 7) is 0. The number of aliphatic imine (C=N–C) groups is 2. The summed E-state index contributed by atoms with van der Waals surface area (Å²) in [5.74, 6) is 0.231. The Kier molecular flexibility index (Phi) is 5.35. The molecule has 0 fully saturated rings. The van der Waals surface area contributed by atoms with Crippen LogP contribution in [-0.4, -0.2) is 11.9 Å². The van der Waals surface area contributed by atoms with E-state index in [0.29, 0.717) is 5.69 Å². The predicted octanol–water partition coefficient (Wildman–Crippen LogP) is 3.58. The Morgan fingerprint density at radius 3 is 2.19 bits per heavy atom. The summed E-state index contributed by atoms with van der Waals surface area (Å²) >= 11 is 6.80.